The lowest BCUT2D eigenvalue weighted by atomic mass is 9.78. The predicted octanol–water partition coefficient (Wildman–Crippen LogP) is 21.7. The molecule has 0 N–H and O–H groups in total. The second-order valence-electron chi connectivity index (χ2n) is 26.2. The highest BCUT2D eigenvalue weighted by Crippen LogP contribution is 2.61. The lowest BCUT2D eigenvalue weighted by Gasteiger charge is -2.25. The molecule has 0 saturated carbocycles. The molecule has 18 rings (SSSR count). The van der Waals surface area contributed by atoms with E-state index in [4.69, 9.17) is 0 Å². The molecule has 4 aliphatic carbocycles. The van der Waals surface area contributed by atoms with Crippen molar-refractivity contribution in [1.82, 2.24) is 0 Å². The highest BCUT2D eigenvalue weighted by atomic mass is 14.4. The van der Waals surface area contributed by atoms with Crippen molar-refractivity contribution in [1.29, 1.82) is 0 Å². The zero-order valence-electron chi connectivity index (χ0n) is 46.6. The predicted molar refractivity (Wildman–Crippen MR) is 340 cm³/mol. The van der Waals surface area contributed by atoms with E-state index in [2.05, 4.69) is 262 Å². The third-order valence-corrected chi connectivity index (χ3v) is 21.0. The number of benzene rings is 13. The van der Waals surface area contributed by atoms with E-state index >= 15 is 0 Å². The average molecular weight is 1020 g/mol. The summed E-state index contributed by atoms with van der Waals surface area (Å²) in [6, 6.07) is 81.0. The average Bonchev–Trinajstić information content (AvgIpc) is 4.23. The Bertz CT molecular complexity index is 4790. The van der Waals surface area contributed by atoms with Crippen LogP contribution in [0, 0.1) is 0 Å². The highest BCUT2D eigenvalue weighted by Gasteiger charge is 2.41. The summed E-state index contributed by atoms with van der Waals surface area (Å²) in [5.41, 5.74) is 31.8. The fourth-order valence-electron chi connectivity index (χ4n) is 17.1. The summed E-state index contributed by atoms with van der Waals surface area (Å²) in [6.07, 6.45) is 0. The molecule has 0 unspecified atom stereocenters. The molecule has 14 aromatic carbocycles. The molecular formula is C80H58. The second kappa shape index (κ2) is 14.7. The van der Waals surface area contributed by atoms with Crippen molar-refractivity contribution in [2.24, 2.45) is 0 Å². The van der Waals surface area contributed by atoms with Crippen LogP contribution < -0.4 is 0 Å². The van der Waals surface area contributed by atoms with Crippen LogP contribution in [0.25, 0.3) is 143 Å². The molecule has 14 aromatic rings. The third-order valence-electron chi connectivity index (χ3n) is 21.0. The maximum Gasteiger partial charge on any atom is 0.0159 e. The molecule has 4 aliphatic rings. The van der Waals surface area contributed by atoms with Gasteiger partial charge in [0, 0.05) is 21.7 Å². The first-order valence-corrected chi connectivity index (χ1v) is 29.0. The fraction of sp³-hybridized carbons (Fsp3) is 0.150. The number of rotatable bonds is 4. The summed E-state index contributed by atoms with van der Waals surface area (Å²) in [5.74, 6) is 0. The second-order valence-corrected chi connectivity index (χ2v) is 26.2. The molecule has 0 fully saturated rings. The first kappa shape index (κ1) is 45.1. The summed E-state index contributed by atoms with van der Waals surface area (Å²) >= 11 is 0. The van der Waals surface area contributed by atoms with E-state index in [1.165, 1.54) is 187 Å². The van der Waals surface area contributed by atoms with Gasteiger partial charge in [-0.1, -0.05) is 237 Å². The summed E-state index contributed by atoms with van der Waals surface area (Å²) in [7, 11) is 0. The molecule has 0 aromatic heterocycles. The number of hydrogen-bond donors (Lipinski definition) is 0. The molecular weight excluding hydrogens is 961 g/mol. The molecule has 80 heavy (non-hydrogen) atoms. The largest absolute Gasteiger partial charge is 0.0619 e. The van der Waals surface area contributed by atoms with E-state index < -0.39 is 0 Å². The minimum Gasteiger partial charge on any atom is -0.0619 e. The first-order valence-electron chi connectivity index (χ1n) is 29.0. The van der Waals surface area contributed by atoms with Gasteiger partial charge in [0.15, 0.2) is 0 Å². The molecule has 0 aliphatic heterocycles. The van der Waals surface area contributed by atoms with Gasteiger partial charge < -0.3 is 0 Å². The Morgan fingerprint density at radius 3 is 0.700 bits per heavy atom. The molecule has 0 atom stereocenters. The van der Waals surface area contributed by atoms with Crippen LogP contribution in [0.5, 0.6) is 0 Å². The van der Waals surface area contributed by atoms with Crippen molar-refractivity contribution < 1.29 is 0 Å². The summed E-state index contributed by atoms with van der Waals surface area (Å²) < 4.78 is 0. The van der Waals surface area contributed by atoms with E-state index in [0.717, 1.165) is 0 Å². The van der Waals surface area contributed by atoms with Crippen molar-refractivity contribution in [2.45, 2.75) is 77.0 Å². The van der Waals surface area contributed by atoms with E-state index in [0.29, 0.717) is 0 Å². The molecule has 0 nitrogen and oxygen atoms in total. The smallest absolute Gasteiger partial charge is 0.0159 e. The van der Waals surface area contributed by atoms with Crippen molar-refractivity contribution >= 4 is 53.9 Å². The van der Waals surface area contributed by atoms with Crippen LogP contribution in [-0.4, -0.2) is 0 Å². The normalized spacial score (nSPS) is 16.1. The highest BCUT2D eigenvalue weighted by molar-refractivity contribution is 6.49. The van der Waals surface area contributed by atoms with Crippen molar-refractivity contribution in [3.63, 3.8) is 0 Å². The van der Waals surface area contributed by atoms with Gasteiger partial charge in [-0.05, 0) is 212 Å². The lowest BCUT2D eigenvalue weighted by molar-refractivity contribution is 0.660. The van der Waals surface area contributed by atoms with Crippen LogP contribution in [0.3, 0.4) is 0 Å². The van der Waals surface area contributed by atoms with Crippen molar-refractivity contribution in [2.75, 3.05) is 0 Å². The molecule has 0 bridgehead atoms. The van der Waals surface area contributed by atoms with Crippen LogP contribution in [0.15, 0.2) is 206 Å². The molecule has 0 heterocycles. The number of hydrogen-bond acceptors (Lipinski definition) is 0. The van der Waals surface area contributed by atoms with Crippen LogP contribution in [-0.2, 0) is 21.7 Å². The van der Waals surface area contributed by atoms with Gasteiger partial charge in [0.1, 0.15) is 0 Å². The topological polar surface area (TPSA) is 0 Å². The van der Waals surface area contributed by atoms with E-state index in [1.807, 2.05) is 0 Å². The molecule has 378 valence electrons. The van der Waals surface area contributed by atoms with Crippen molar-refractivity contribution in [3.05, 3.63) is 251 Å². The zero-order chi connectivity index (χ0) is 53.7. The van der Waals surface area contributed by atoms with Gasteiger partial charge in [-0.3, -0.25) is 0 Å². The van der Waals surface area contributed by atoms with Gasteiger partial charge in [0.25, 0.3) is 0 Å². The summed E-state index contributed by atoms with van der Waals surface area (Å²) in [6.45, 7) is 19.4. The third kappa shape index (κ3) is 5.30. The van der Waals surface area contributed by atoms with Gasteiger partial charge in [0.05, 0.1) is 0 Å². The van der Waals surface area contributed by atoms with Gasteiger partial charge in [-0.15, -0.1) is 0 Å². The molecule has 0 spiro atoms. The summed E-state index contributed by atoms with van der Waals surface area (Å²) in [5, 5.41) is 13.5. The Hall–Kier alpha value is -8.84. The van der Waals surface area contributed by atoms with Crippen LogP contribution in [0.1, 0.15) is 99.9 Å². The van der Waals surface area contributed by atoms with Crippen LogP contribution >= 0.6 is 0 Å². The minimum absolute atomic E-state index is 0.148. The molecule has 0 radical (unpaired) electrons. The SMILES string of the molecule is CC1(C)c2ccccc2-c2ccc(-c3c(-c4ccc5c(c4)C(C)(C)c4ccccc4-5)c4ccc5c(-c6ccc7c(c6)C(C)(C)c6ccccc6-7)c(-c6ccc7c(c6)C(C)(C)c6ccccc6-7)c6ccc7ccc3c3c7c6c5c43)cc21. The lowest BCUT2D eigenvalue weighted by Crippen LogP contribution is -2.15. The fourth-order valence-corrected chi connectivity index (χ4v) is 17.1. The van der Waals surface area contributed by atoms with Gasteiger partial charge in [0.2, 0.25) is 0 Å². The first-order chi connectivity index (χ1) is 38.7. The van der Waals surface area contributed by atoms with E-state index in [1.54, 1.807) is 0 Å². The Balaban J connectivity index is 0.986. The Labute approximate surface area is 468 Å². The Kier molecular flexibility index (Phi) is 8.27. The molecule has 0 heteroatoms. The van der Waals surface area contributed by atoms with Crippen LogP contribution in [0.4, 0.5) is 0 Å². The standard InChI is InChI=1S/C80H58/c1-77(2)60-21-13-9-17-48(60)52-31-27-44(39-64(52)77)68-56-35-25-43-26-36-57-69(45-28-32-53-49-18-10-14-22-61(49)78(3,4)65(53)40-45)71(47-30-34-55-51-20-12-16-24-63(51)80(7,8)67(55)42-47)59-38-37-58(75-73(56)72(43)74(57)76(59)75)70(68)46-29-33-54-50-19-11-15-23-62(50)79(5,6)66(54)41-46/h9-42H,1-8H3. The van der Waals surface area contributed by atoms with Gasteiger partial charge in [-0.25, -0.2) is 0 Å². The summed E-state index contributed by atoms with van der Waals surface area (Å²) in [4.78, 5) is 0. The Morgan fingerprint density at radius 2 is 0.425 bits per heavy atom. The van der Waals surface area contributed by atoms with Gasteiger partial charge in [-0.2, -0.15) is 0 Å². The Morgan fingerprint density at radius 1 is 0.200 bits per heavy atom. The maximum absolute atomic E-state index is 2.57. The monoisotopic (exact) mass is 1020 g/mol. The minimum atomic E-state index is -0.153. The van der Waals surface area contributed by atoms with E-state index in [9.17, 15) is 0 Å². The molecule has 0 amide bonds. The molecule has 0 saturated heterocycles. The van der Waals surface area contributed by atoms with Crippen molar-refractivity contribution in [3.8, 4) is 89.0 Å². The van der Waals surface area contributed by atoms with Gasteiger partial charge >= 0.3 is 0 Å². The maximum atomic E-state index is 2.57. The zero-order valence-corrected chi connectivity index (χ0v) is 46.6. The van der Waals surface area contributed by atoms with E-state index in [-0.39, 0.29) is 21.7 Å². The number of fused-ring (bicyclic) bond motifs is 12. The quantitative estimate of drug-likeness (QED) is 0.154. The van der Waals surface area contributed by atoms with Crippen LogP contribution in [0.2, 0.25) is 0 Å².